The summed E-state index contributed by atoms with van der Waals surface area (Å²) in [6.45, 7) is 0. The van der Waals surface area contributed by atoms with Crippen molar-refractivity contribution in [2.75, 3.05) is 4.72 Å². The molecule has 0 radical (unpaired) electrons. The minimum atomic E-state index is 0.430. The van der Waals surface area contributed by atoms with Crippen LogP contribution in [0.15, 0.2) is 40.4 Å². The second-order valence-electron chi connectivity index (χ2n) is 3.45. The van der Waals surface area contributed by atoms with Gasteiger partial charge in [-0.15, -0.1) is 5.10 Å². The molecule has 1 aromatic carbocycles. The van der Waals surface area contributed by atoms with Crippen LogP contribution in [0.3, 0.4) is 0 Å². The molecule has 6 nitrogen and oxygen atoms in total. The molecule has 0 fully saturated rings. The third-order valence-electron chi connectivity index (χ3n) is 2.42. The number of nitriles is 1. The van der Waals surface area contributed by atoms with E-state index in [2.05, 4.69) is 26.0 Å². The van der Waals surface area contributed by atoms with E-state index in [0.717, 1.165) is 16.6 Å². The third kappa shape index (κ3) is 1.78. The average molecular weight is 257 g/mol. The molecule has 0 aliphatic rings. The zero-order chi connectivity index (χ0) is 12.4. The van der Waals surface area contributed by atoms with E-state index in [1.807, 2.05) is 18.2 Å². The Kier molecular flexibility index (Phi) is 2.63. The van der Waals surface area contributed by atoms with Gasteiger partial charge in [0.1, 0.15) is 6.07 Å². The number of aromatic nitrogens is 3. The molecule has 3 rings (SSSR count). The normalized spacial score (nSPS) is 10.4. The first-order valence-electron chi connectivity index (χ1n) is 5.07. The number of aromatic amines is 1. The Balaban J connectivity index is 1.93. The van der Waals surface area contributed by atoms with Crippen molar-refractivity contribution in [1.82, 2.24) is 15.2 Å². The van der Waals surface area contributed by atoms with Crippen LogP contribution in [-0.2, 0) is 0 Å². The van der Waals surface area contributed by atoms with Crippen molar-refractivity contribution in [3.63, 3.8) is 0 Å². The molecule has 2 heterocycles. The van der Waals surface area contributed by atoms with E-state index in [4.69, 9.17) is 9.68 Å². The van der Waals surface area contributed by atoms with E-state index in [0.29, 0.717) is 10.8 Å². The van der Waals surface area contributed by atoms with Crippen molar-refractivity contribution < 1.29 is 4.42 Å². The molecule has 0 saturated carbocycles. The zero-order valence-electron chi connectivity index (χ0n) is 9.04. The number of benzene rings is 1. The number of nitrogens with zero attached hydrogens (tertiary/aromatic N) is 3. The van der Waals surface area contributed by atoms with E-state index >= 15 is 0 Å². The number of hydrogen-bond acceptors (Lipinski definition) is 6. The second-order valence-corrected chi connectivity index (χ2v) is 4.21. The Bertz CT molecular complexity index is 713. The molecule has 7 heteroatoms. The van der Waals surface area contributed by atoms with Gasteiger partial charge in [0.15, 0.2) is 0 Å². The monoisotopic (exact) mass is 257 g/mol. The molecule has 0 saturated heterocycles. The number of nitrogens with one attached hydrogen (secondary N) is 2. The Morgan fingerprint density at radius 3 is 3.17 bits per heavy atom. The highest BCUT2D eigenvalue weighted by atomic mass is 32.2. The first-order chi connectivity index (χ1) is 8.88. The predicted octanol–water partition coefficient (Wildman–Crippen LogP) is 2.54. The Hall–Kier alpha value is -2.46. The fraction of sp³-hybridized carbons (Fsp3) is 0. The summed E-state index contributed by atoms with van der Waals surface area (Å²) in [6.07, 6.45) is 2.96. The van der Waals surface area contributed by atoms with Crippen LogP contribution in [0.4, 0.5) is 5.69 Å². The van der Waals surface area contributed by atoms with Crippen LogP contribution in [0.1, 0.15) is 5.56 Å². The maximum absolute atomic E-state index is 8.97. The van der Waals surface area contributed by atoms with Gasteiger partial charge in [-0.3, -0.25) is 0 Å². The van der Waals surface area contributed by atoms with Crippen LogP contribution in [0, 0.1) is 11.3 Å². The number of anilines is 1. The summed E-state index contributed by atoms with van der Waals surface area (Å²) >= 11 is 1.22. The van der Waals surface area contributed by atoms with E-state index in [-0.39, 0.29) is 0 Å². The molecule has 3 aromatic rings. The largest absolute Gasteiger partial charge is 0.418 e. The number of fused-ring (bicyclic) bond motifs is 1. The summed E-state index contributed by atoms with van der Waals surface area (Å²) < 4.78 is 8.12. The Morgan fingerprint density at radius 1 is 1.44 bits per heavy atom. The molecular formula is C11H7N5OS. The van der Waals surface area contributed by atoms with E-state index < -0.39 is 0 Å². The first-order valence-corrected chi connectivity index (χ1v) is 5.89. The van der Waals surface area contributed by atoms with Gasteiger partial charge in [0.05, 0.1) is 16.8 Å². The summed E-state index contributed by atoms with van der Waals surface area (Å²) in [6, 6.07) is 7.82. The topological polar surface area (TPSA) is 90.5 Å². The molecule has 2 aromatic heterocycles. The van der Waals surface area contributed by atoms with Gasteiger partial charge in [-0.25, -0.2) is 0 Å². The second kappa shape index (κ2) is 4.43. The zero-order valence-corrected chi connectivity index (χ0v) is 9.86. The molecule has 0 amide bonds. The summed E-state index contributed by atoms with van der Waals surface area (Å²) in [5.74, 6) is 0. The number of hydrogen-bond donors (Lipinski definition) is 2. The molecule has 0 atom stereocenters. The molecule has 0 aliphatic carbocycles. The van der Waals surface area contributed by atoms with Crippen molar-refractivity contribution in [2.45, 2.75) is 5.22 Å². The van der Waals surface area contributed by atoms with Crippen LogP contribution in [0.25, 0.3) is 10.9 Å². The summed E-state index contributed by atoms with van der Waals surface area (Å²) in [5, 5.41) is 17.6. The fourth-order valence-electron chi connectivity index (χ4n) is 1.64. The van der Waals surface area contributed by atoms with Gasteiger partial charge >= 0.3 is 0 Å². The molecule has 0 spiro atoms. The smallest absolute Gasteiger partial charge is 0.297 e. The highest BCUT2D eigenvalue weighted by Gasteiger charge is 2.08. The number of para-hydroxylation sites is 1. The lowest BCUT2D eigenvalue weighted by Gasteiger charge is -2.03. The summed E-state index contributed by atoms with van der Waals surface area (Å²) in [5.41, 5.74) is 2.36. The van der Waals surface area contributed by atoms with E-state index in [1.165, 1.54) is 18.3 Å². The highest BCUT2D eigenvalue weighted by molar-refractivity contribution is 8.00. The van der Waals surface area contributed by atoms with Crippen LogP contribution in [-0.4, -0.2) is 15.2 Å². The Labute approximate surface area is 106 Å². The SMILES string of the molecule is N#Cc1c[nH]c2c(NSc3nnco3)cccc12. The van der Waals surface area contributed by atoms with E-state index in [1.54, 1.807) is 6.20 Å². The fourth-order valence-corrected chi connectivity index (χ4v) is 2.18. The van der Waals surface area contributed by atoms with Gasteiger partial charge in [0.2, 0.25) is 6.39 Å². The van der Waals surface area contributed by atoms with Crippen LogP contribution in [0.5, 0.6) is 0 Å². The van der Waals surface area contributed by atoms with Crippen molar-refractivity contribution in [3.05, 3.63) is 36.4 Å². The maximum Gasteiger partial charge on any atom is 0.297 e. The van der Waals surface area contributed by atoms with Crippen LogP contribution in [0.2, 0.25) is 0 Å². The van der Waals surface area contributed by atoms with Crippen molar-refractivity contribution in [3.8, 4) is 6.07 Å². The third-order valence-corrected chi connectivity index (χ3v) is 3.10. The minimum absolute atomic E-state index is 0.430. The van der Waals surface area contributed by atoms with Gasteiger partial charge < -0.3 is 14.1 Å². The molecule has 2 N–H and O–H groups in total. The molecule has 18 heavy (non-hydrogen) atoms. The molecule has 0 bridgehead atoms. The number of H-pyrrole nitrogens is 1. The lowest BCUT2D eigenvalue weighted by Crippen LogP contribution is -1.88. The van der Waals surface area contributed by atoms with Crippen LogP contribution >= 0.6 is 11.9 Å². The average Bonchev–Trinajstić information content (AvgIpc) is 3.05. The lowest BCUT2D eigenvalue weighted by atomic mass is 10.2. The maximum atomic E-state index is 8.97. The summed E-state index contributed by atoms with van der Waals surface area (Å²) in [4.78, 5) is 3.07. The first kappa shape index (κ1) is 10.7. The van der Waals surface area contributed by atoms with Crippen LogP contribution < -0.4 is 4.72 Å². The highest BCUT2D eigenvalue weighted by Crippen LogP contribution is 2.28. The predicted molar refractivity (Wildman–Crippen MR) is 66.8 cm³/mol. The molecule has 0 aliphatic heterocycles. The van der Waals surface area contributed by atoms with Crippen molar-refractivity contribution in [1.29, 1.82) is 5.26 Å². The molecule has 88 valence electrons. The van der Waals surface area contributed by atoms with Gasteiger partial charge in [-0.05, 0) is 6.07 Å². The summed E-state index contributed by atoms with van der Waals surface area (Å²) in [7, 11) is 0. The number of rotatable bonds is 3. The van der Waals surface area contributed by atoms with Gasteiger partial charge in [-0.1, -0.05) is 17.2 Å². The quantitative estimate of drug-likeness (QED) is 0.701. The standard InChI is InChI=1S/C11H7N5OS/c12-4-7-5-13-10-8(7)2-1-3-9(10)16-18-11-15-14-6-17-11/h1-3,5-6,13,16H. The Morgan fingerprint density at radius 2 is 2.39 bits per heavy atom. The lowest BCUT2D eigenvalue weighted by molar-refractivity contribution is 0.454. The van der Waals surface area contributed by atoms with Gasteiger partial charge in [0.25, 0.3) is 5.22 Å². The van der Waals surface area contributed by atoms with E-state index in [9.17, 15) is 0 Å². The molecular weight excluding hydrogens is 250 g/mol. The molecule has 0 unspecified atom stereocenters. The van der Waals surface area contributed by atoms with Gasteiger partial charge in [-0.2, -0.15) is 5.26 Å². The van der Waals surface area contributed by atoms with Gasteiger partial charge in [0, 0.05) is 23.5 Å². The van der Waals surface area contributed by atoms with Crippen molar-refractivity contribution in [2.24, 2.45) is 0 Å². The minimum Gasteiger partial charge on any atom is -0.418 e. The van der Waals surface area contributed by atoms with Crippen molar-refractivity contribution >= 4 is 28.5 Å².